The molecule has 1 saturated heterocycles. The van der Waals surface area contributed by atoms with Gasteiger partial charge in [-0.1, -0.05) is 35.9 Å². The highest BCUT2D eigenvalue weighted by molar-refractivity contribution is 7.92. The lowest BCUT2D eigenvalue weighted by molar-refractivity contribution is -0.117. The molecular weight excluding hydrogens is 336 g/mol. The van der Waals surface area contributed by atoms with Crippen molar-refractivity contribution in [2.24, 2.45) is 0 Å². The van der Waals surface area contributed by atoms with Crippen molar-refractivity contribution >= 4 is 38.9 Å². The van der Waals surface area contributed by atoms with Crippen molar-refractivity contribution in [2.75, 3.05) is 16.2 Å². The molecule has 2 aromatic carbocycles. The van der Waals surface area contributed by atoms with Crippen LogP contribution in [-0.4, -0.2) is 20.9 Å². The number of nitrogens with one attached hydrogen (secondary N) is 1. The van der Waals surface area contributed by atoms with E-state index in [9.17, 15) is 13.2 Å². The number of anilines is 2. The van der Waals surface area contributed by atoms with Crippen molar-refractivity contribution in [3.05, 3.63) is 53.6 Å². The number of rotatable bonds is 4. The van der Waals surface area contributed by atoms with Crippen molar-refractivity contribution in [2.45, 2.75) is 17.7 Å². The number of amides is 1. The lowest BCUT2D eigenvalue weighted by Crippen LogP contribution is -2.25. The zero-order valence-corrected chi connectivity index (χ0v) is 13.8. The third-order valence-corrected chi connectivity index (χ3v) is 5.50. The van der Waals surface area contributed by atoms with Gasteiger partial charge in [-0.15, -0.1) is 0 Å². The van der Waals surface area contributed by atoms with Crippen molar-refractivity contribution in [3.8, 4) is 0 Å². The molecule has 0 atom stereocenters. The van der Waals surface area contributed by atoms with E-state index in [0.29, 0.717) is 24.3 Å². The molecule has 5 nitrogen and oxygen atoms in total. The number of nitrogens with zero attached hydrogens (tertiary/aromatic N) is 1. The molecule has 23 heavy (non-hydrogen) atoms. The first kappa shape index (κ1) is 15.8. The van der Waals surface area contributed by atoms with Gasteiger partial charge in [0.1, 0.15) is 4.90 Å². The number of carbonyl (C=O) groups is 1. The minimum Gasteiger partial charge on any atom is -0.310 e. The molecule has 1 aliphatic rings. The summed E-state index contributed by atoms with van der Waals surface area (Å²) in [5, 5.41) is 0.148. The Kier molecular flexibility index (Phi) is 4.28. The molecule has 0 unspecified atom stereocenters. The van der Waals surface area contributed by atoms with Crippen LogP contribution in [0.25, 0.3) is 0 Å². The molecule has 2 aromatic rings. The second kappa shape index (κ2) is 6.22. The van der Waals surface area contributed by atoms with E-state index in [2.05, 4.69) is 4.72 Å². The van der Waals surface area contributed by atoms with Crippen LogP contribution < -0.4 is 9.62 Å². The molecule has 1 amide bonds. The topological polar surface area (TPSA) is 66.5 Å². The highest BCUT2D eigenvalue weighted by atomic mass is 35.5. The predicted octanol–water partition coefficient (Wildman–Crippen LogP) is 3.27. The van der Waals surface area contributed by atoms with Crippen LogP contribution in [0.2, 0.25) is 5.02 Å². The fourth-order valence-corrected chi connectivity index (χ4v) is 4.16. The van der Waals surface area contributed by atoms with Gasteiger partial charge in [0.05, 0.1) is 16.4 Å². The average molecular weight is 351 g/mol. The fourth-order valence-electron chi connectivity index (χ4n) is 2.56. The van der Waals surface area contributed by atoms with E-state index in [1.165, 1.54) is 12.1 Å². The predicted molar refractivity (Wildman–Crippen MR) is 90.3 cm³/mol. The minimum absolute atomic E-state index is 0.00391. The number of para-hydroxylation sites is 2. The van der Waals surface area contributed by atoms with Crippen molar-refractivity contribution in [1.29, 1.82) is 0 Å². The van der Waals surface area contributed by atoms with Crippen LogP contribution in [0.1, 0.15) is 12.8 Å². The van der Waals surface area contributed by atoms with Gasteiger partial charge in [-0.3, -0.25) is 9.52 Å². The summed E-state index contributed by atoms with van der Waals surface area (Å²) < 4.78 is 27.7. The smallest absolute Gasteiger partial charge is 0.263 e. The summed E-state index contributed by atoms with van der Waals surface area (Å²) in [6, 6.07) is 13.1. The normalized spacial score (nSPS) is 15.0. The standard InChI is InChI=1S/C16H15ClN2O3S/c17-12-6-1-4-9-15(12)23(21,22)18-13-7-2-3-8-14(13)19-11-5-10-16(19)20/h1-4,6-9,18H,5,10-11H2. The van der Waals surface area contributed by atoms with Gasteiger partial charge in [0.25, 0.3) is 10.0 Å². The molecule has 0 spiro atoms. The highest BCUT2D eigenvalue weighted by Crippen LogP contribution is 2.32. The summed E-state index contributed by atoms with van der Waals surface area (Å²) >= 11 is 5.98. The molecule has 0 bridgehead atoms. The first-order valence-corrected chi connectivity index (χ1v) is 9.02. The van der Waals surface area contributed by atoms with E-state index < -0.39 is 10.0 Å². The van der Waals surface area contributed by atoms with E-state index in [4.69, 9.17) is 11.6 Å². The average Bonchev–Trinajstić information content (AvgIpc) is 2.94. The molecule has 1 aliphatic heterocycles. The summed E-state index contributed by atoms with van der Waals surface area (Å²) in [5.74, 6) is -0.00519. The Morgan fingerprint density at radius 3 is 2.43 bits per heavy atom. The quantitative estimate of drug-likeness (QED) is 0.920. The zero-order chi connectivity index (χ0) is 16.4. The monoisotopic (exact) mass is 350 g/mol. The van der Waals surface area contributed by atoms with Crippen molar-refractivity contribution in [3.63, 3.8) is 0 Å². The number of sulfonamides is 1. The van der Waals surface area contributed by atoms with Gasteiger partial charge in [-0.2, -0.15) is 0 Å². The molecule has 0 aromatic heterocycles. The largest absolute Gasteiger partial charge is 0.310 e. The summed E-state index contributed by atoms with van der Waals surface area (Å²) in [6.45, 7) is 0.587. The van der Waals surface area contributed by atoms with E-state index >= 15 is 0 Å². The van der Waals surface area contributed by atoms with Crippen LogP contribution in [-0.2, 0) is 14.8 Å². The Morgan fingerprint density at radius 2 is 1.74 bits per heavy atom. The van der Waals surface area contributed by atoms with Gasteiger partial charge in [0.2, 0.25) is 5.91 Å². The second-order valence-corrected chi connectivity index (χ2v) is 7.26. The van der Waals surface area contributed by atoms with Crippen LogP contribution in [0.3, 0.4) is 0 Å². The molecule has 1 fully saturated rings. The Morgan fingerprint density at radius 1 is 1.04 bits per heavy atom. The molecule has 1 N–H and O–H groups in total. The van der Waals surface area contributed by atoms with Crippen molar-refractivity contribution < 1.29 is 13.2 Å². The fraction of sp³-hybridized carbons (Fsp3) is 0.188. The summed E-state index contributed by atoms with van der Waals surface area (Å²) in [4.78, 5) is 13.5. The van der Waals surface area contributed by atoms with E-state index in [0.717, 1.165) is 6.42 Å². The Labute approximate surface area is 139 Å². The SMILES string of the molecule is O=C1CCCN1c1ccccc1NS(=O)(=O)c1ccccc1Cl. The van der Waals surface area contributed by atoms with Crippen molar-refractivity contribution in [1.82, 2.24) is 0 Å². The number of hydrogen-bond donors (Lipinski definition) is 1. The number of carbonyl (C=O) groups excluding carboxylic acids is 1. The first-order valence-electron chi connectivity index (χ1n) is 7.16. The van der Waals surface area contributed by atoms with E-state index in [1.807, 2.05) is 0 Å². The first-order chi connectivity index (χ1) is 11.0. The number of benzene rings is 2. The molecule has 0 radical (unpaired) electrons. The molecule has 3 rings (SSSR count). The molecule has 7 heteroatoms. The molecule has 120 valence electrons. The molecule has 1 heterocycles. The van der Waals surface area contributed by atoms with Gasteiger partial charge in [0, 0.05) is 13.0 Å². The lowest BCUT2D eigenvalue weighted by atomic mass is 10.2. The third-order valence-electron chi connectivity index (χ3n) is 3.64. The zero-order valence-electron chi connectivity index (χ0n) is 12.2. The summed E-state index contributed by atoms with van der Waals surface area (Å²) in [6.07, 6.45) is 1.25. The Balaban J connectivity index is 1.98. The maximum Gasteiger partial charge on any atom is 0.263 e. The van der Waals surface area contributed by atoms with Crippen LogP contribution in [0.5, 0.6) is 0 Å². The molecule has 0 saturated carbocycles. The maximum absolute atomic E-state index is 12.6. The third kappa shape index (κ3) is 3.18. The van der Waals surface area contributed by atoms with Crippen LogP contribution in [0, 0.1) is 0 Å². The summed E-state index contributed by atoms with van der Waals surface area (Å²) in [7, 11) is -3.83. The van der Waals surface area contributed by atoms with Crippen LogP contribution in [0.15, 0.2) is 53.4 Å². The highest BCUT2D eigenvalue weighted by Gasteiger charge is 2.26. The Bertz CT molecular complexity index is 852. The molecular formula is C16H15ClN2O3S. The maximum atomic E-state index is 12.6. The van der Waals surface area contributed by atoms with Gasteiger partial charge in [-0.25, -0.2) is 8.42 Å². The number of hydrogen-bond acceptors (Lipinski definition) is 3. The molecule has 0 aliphatic carbocycles. The van der Waals surface area contributed by atoms with Crippen LogP contribution >= 0.6 is 11.6 Å². The van der Waals surface area contributed by atoms with E-state index in [-0.39, 0.29) is 15.8 Å². The van der Waals surface area contributed by atoms with Gasteiger partial charge < -0.3 is 4.90 Å². The van der Waals surface area contributed by atoms with Gasteiger partial charge in [-0.05, 0) is 30.7 Å². The van der Waals surface area contributed by atoms with E-state index in [1.54, 1.807) is 41.3 Å². The summed E-state index contributed by atoms with van der Waals surface area (Å²) in [5.41, 5.74) is 0.924. The second-order valence-electron chi connectivity index (χ2n) is 5.20. The minimum atomic E-state index is -3.83. The lowest BCUT2D eigenvalue weighted by Gasteiger charge is -2.20. The number of halogens is 1. The van der Waals surface area contributed by atoms with Gasteiger partial charge in [0.15, 0.2) is 0 Å². The Hall–Kier alpha value is -2.05. The van der Waals surface area contributed by atoms with Crippen LogP contribution in [0.4, 0.5) is 11.4 Å². The van der Waals surface area contributed by atoms with Gasteiger partial charge >= 0.3 is 0 Å².